The van der Waals surface area contributed by atoms with Crippen LogP contribution in [-0.4, -0.2) is 5.60 Å². The van der Waals surface area contributed by atoms with Gasteiger partial charge >= 0.3 is 0 Å². The third kappa shape index (κ3) is 1.94. The second-order valence-corrected chi connectivity index (χ2v) is 2.98. The van der Waals surface area contributed by atoms with Gasteiger partial charge in [-0.25, -0.2) is 0 Å². The summed E-state index contributed by atoms with van der Waals surface area (Å²) in [6.45, 7) is 0. The van der Waals surface area contributed by atoms with Crippen LogP contribution in [0.1, 0.15) is 32.1 Å². The molecule has 0 radical (unpaired) electrons. The highest BCUT2D eigenvalue weighted by Crippen LogP contribution is 2.30. The molecule has 0 aromatic heterocycles. The van der Waals surface area contributed by atoms with Crippen molar-refractivity contribution in [1.29, 1.82) is 0 Å². The van der Waals surface area contributed by atoms with E-state index >= 15 is 0 Å². The lowest BCUT2D eigenvalue weighted by atomic mass is 9.86. The summed E-state index contributed by atoms with van der Waals surface area (Å²) in [4.78, 5) is 9.45. The molecule has 2 heteroatoms. The molecule has 2 nitrogen and oxygen atoms in total. The van der Waals surface area contributed by atoms with Gasteiger partial charge in [-0.05, 0) is 25.7 Å². The third-order valence-electron chi connectivity index (χ3n) is 2.17. The van der Waals surface area contributed by atoms with Gasteiger partial charge in [0.25, 0.3) is 0 Å². The quantitative estimate of drug-likeness (QED) is 0.352. The van der Waals surface area contributed by atoms with E-state index in [9.17, 15) is 0 Å². The predicted molar refractivity (Wildman–Crippen MR) is 45.7 cm³/mol. The molecular weight excluding hydrogens is 152 g/mol. The average Bonchev–Trinajstić information content (AvgIpc) is 2.16. The van der Waals surface area contributed by atoms with Crippen LogP contribution in [0.3, 0.4) is 0 Å². The number of hydrogen-bond donors (Lipinski definition) is 0. The molecule has 0 unspecified atom stereocenters. The van der Waals surface area contributed by atoms with Crippen molar-refractivity contribution in [2.24, 2.45) is 0 Å². The molecule has 0 aliphatic heterocycles. The third-order valence-corrected chi connectivity index (χ3v) is 2.17. The Morgan fingerprint density at radius 2 is 1.75 bits per heavy atom. The Morgan fingerprint density at radius 3 is 2.25 bits per heavy atom. The van der Waals surface area contributed by atoms with E-state index in [0.29, 0.717) is 0 Å². The van der Waals surface area contributed by atoms with Crippen molar-refractivity contribution in [2.75, 3.05) is 0 Å². The summed E-state index contributed by atoms with van der Waals surface area (Å²) in [7, 11) is 0. The Balaban J connectivity index is 2.51. The zero-order valence-corrected chi connectivity index (χ0v) is 7.01. The molecule has 0 aromatic carbocycles. The molecule has 1 fully saturated rings. The van der Waals surface area contributed by atoms with Crippen molar-refractivity contribution >= 4 is 0 Å². The maximum Gasteiger partial charge on any atom is 0.176 e. The SMILES string of the molecule is C#COOC1(C#C)CCCCC1. The van der Waals surface area contributed by atoms with Crippen LogP contribution in [0.15, 0.2) is 0 Å². The summed E-state index contributed by atoms with van der Waals surface area (Å²) in [5.74, 6) is 2.61. The molecule has 64 valence electrons. The topological polar surface area (TPSA) is 18.5 Å². The van der Waals surface area contributed by atoms with E-state index in [1.807, 2.05) is 6.11 Å². The molecule has 0 saturated heterocycles. The largest absolute Gasteiger partial charge is 0.281 e. The lowest BCUT2D eigenvalue weighted by Gasteiger charge is -2.28. The standard InChI is InChI=1S/C10H12O2/c1-3-10(12-11-4-2)8-6-5-7-9-10/h1-2H,5-9H2. The van der Waals surface area contributed by atoms with E-state index in [2.05, 4.69) is 10.8 Å². The van der Waals surface area contributed by atoms with Gasteiger partial charge in [-0.3, -0.25) is 4.89 Å². The van der Waals surface area contributed by atoms with E-state index in [1.54, 1.807) is 0 Å². The lowest BCUT2D eigenvalue weighted by Crippen LogP contribution is -2.32. The first-order chi connectivity index (χ1) is 5.83. The Labute approximate surface area is 73.2 Å². The smallest absolute Gasteiger partial charge is 0.176 e. The highest BCUT2D eigenvalue weighted by atomic mass is 17.2. The minimum Gasteiger partial charge on any atom is -0.281 e. The van der Waals surface area contributed by atoms with Gasteiger partial charge in [0.1, 0.15) is 0 Å². The van der Waals surface area contributed by atoms with Gasteiger partial charge in [0, 0.05) is 0 Å². The molecule has 1 saturated carbocycles. The second kappa shape index (κ2) is 4.04. The Hall–Kier alpha value is -1.12. The minimum atomic E-state index is -0.565. The van der Waals surface area contributed by atoms with Gasteiger partial charge in [-0.15, -0.1) is 6.42 Å². The number of hydrogen-bond acceptors (Lipinski definition) is 2. The fourth-order valence-electron chi connectivity index (χ4n) is 1.48. The number of terminal acetylenes is 2. The number of rotatable bonds is 2. The van der Waals surface area contributed by atoms with Crippen LogP contribution in [0, 0.1) is 24.9 Å². The molecule has 0 amide bonds. The van der Waals surface area contributed by atoms with Crippen LogP contribution >= 0.6 is 0 Å². The summed E-state index contributed by atoms with van der Waals surface area (Å²) in [5, 5.41) is 0. The first kappa shape index (κ1) is 8.97. The fourth-order valence-corrected chi connectivity index (χ4v) is 1.48. The highest BCUT2D eigenvalue weighted by Gasteiger charge is 2.32. The zero-order valence-electron chi connectivity index (χ0n) is 7.01. The molecule has 0 aromatic rings. The minimum absolute atomic E-state index is 0.565. The van der Waals surface area contributed by atoms with E-state index in [0.717, 1.165) is 25.7 Å². The Morgan fingerprint density at radius 1 is 1.08 bits per heavy atom. The summed E-state index contributed by atoms with van der Waals surface area (Å²) in [6.07, 6.45) is 17.3. The van der Waals surface area contributed by atoms with Gasteiger partial charge < -0.3 is 0 Å². The molecule has 0 spiro atoms. The van der Waals surface area contributed by atoms with E-state index in [1.165, 1.54) is 6.42 Å². The first-order valence-corrected chi connectivity index (χ1v) is 4.11. The fraction of sp³-hybridized carbons (Fsp3) is 0.600. The summed E-state index contributed by atoms with van der Waals surface area (Å²) < 4.78 is 0. The van der Waals surface area contributed by atoms with Crippen molar-refractivity contribution in [3.8, 4) is 24.9 Å². The molecular formula is C10H12O2. The first-order valence-electron chi connectivity index (χ1n) is 4.11. The maximum absolute atomic E-state index is 5.36. The average molecular weight is 164 g/mol. The van der Waals surface area contributed by atoms with E-state index < -0.39 is 5.60 Å². The predicted octanol–water partition coefficient (Wildman–Crippen LogP) is 1.86. The molecule has 0 bridgehead atoms. The molecule has 1 aliphatic carbocycles. The summed E-state index contributed by atoms with van der Waals surface area (Å²) in [6, 6.07) is 0. The Kier molecular flexibility index (Phi) is 3.02. The zero-order chi connectivity index (χ0) is 8.86. The Bertz CT molecular complexity index is 213. The van der Waals surface area contributed by atoms with E-state index in [4.69, 9.17) is 17.7 Å². The van der Waals surface area contributed by atoms with Gasteiger partial charge in [-0.2, -0.15) is 4.89 Å². The van der Waals surface area contributed by atoms with Gasteiger partial charge in [0.2, 0.25) is 0 Å². The van der Waals surface area contributed by atoms with Gasteiger partial charge in [0.05, 0.1) is 0 Å². The van der Waals surface area contributed by atoms with Crippen molar-refractivity contribution < 1.29 is 9.78 Å². The van der Waals surface area contributed by atoms with Crippen LogP contribution < -0.4 is 0 Å². The van der Waals surface area contributed by atoms with Gasteiger partial charge in [-0.1, -0.05) is 18.8 Å². The normalized spacial score (nSPS) is 20.5. The lowest BCUT2D eigenvalue weighted by molar-refractivity contribution is -0.304. The second-order valence-electron chi connectivity index (χ2n) is 2.98. The van der Waals surface area contributed by atoms with Crippen LogP contribution in [0.5, 0.6) is 0 Å². The molecule has 1 aliphatic rings. The van der Waals surface area contributed by atoms with Crippen molar-refractivity contribution in [1.82, 2.24) is 0 Å². The molecule has 0 heterocycles. The summed E-state index contributed by atoms with van der Waals surface area (Å²) in [5.41, 5.74) is -0.565. The van der Waals surface area contributed by atoms with Crippen molar-refractivity contribution in [3.63, 3.8) is 0 Å². The molecule has 12 heavy (non-hydrogen) atoms. The molecule has 0 N–H and O–H groups in total. The molecule has 0 atom stereocenters. The van der Waals surface area contributed by atoms with Crippen molar-refractivity contribution in [3.05, 3.63) is 0 Å². The van der Waals surface area contributed by atoms with Gasteiger partial charge in [0.15, 0.2) is 11.7 Å². The maximum atomic E-state index is 5.36. The van der Waals surface area contributed by atoms with Crippen LogP contribution in [-0.2, 0) is 9.78 Å². The van der Waals surface area contributed by atoms with E-state index in [-0.39, 0.29) is 0 Å². The van der Waals surface area contributed by atoms with Crippen molar-refractivity contribution in [2.45, 2.75) is 37.7 Å². The van der Waals surface area contributed by atoms with Crippen LogP contribution in [0.25, 0.3) is 0 Å². The van der Waals surface area contributed by atoms with Crippen LogP contribution in [0.2, 0.25) is 0 Å². The highest BCUT2D eigenvalue weighted by molar-refractivity contribution is 5.09. The monoisotopic (exact) mass is 164 g/mol. The molecule has 1 rings (SSSR count). The summed E-state index contributed by atoms with van der Waals surface area (Å²) >= 11 is 0. The van der Waals surface area contributed by atoms with Crippen LogP contribution in [0.4, 0.5) is 0 Å².